The quantitative estimate of drug-likeness (QED) is 0.482. The monoisotopic (exact) mass is 472 g/mol. The van der Waals surface area contributed by atoms with Gasteiger partial charge in [0, 0.05) is 24.5 Å². The summed E-state index contributed by atoms with van der Waals surface area (Å²) in [4.78, 5) is 21.8. The number of aromatic nitrogens is 2. The number of sulfonamides is 1. The summed E-state index contributed by atoms with van der Waals surface area (Å²) in [6.07, 6.45) is 0. The second-order valence-electron chi connectivity index (χ2n) is 7.88. The van der Waals surface area contributed by atoms with E-state index in [2.05, 4.69) is 20.6 Å². The number of nitrogens with two attached hydrogens (primary N) is 1. The number of likely N-dealkylation sites (N-methyl/N-ethyl adjacent to an activating group) is 1. The Hall–Kier alpha value is -3.77. The van der Waals surface area contributed by atoms with Crippen LogP contribution in [-0.4, -0.2) is 36.9 Å². The van der Waals surface area contributed by atoms with Crippen molar-refractivity contribution in [1.29, 1.82) is 0 Å². The lowest BCUT2D eigenvalue weighted by Crippen LogP contribution is -2.50. The van der Waals surface area contributed by atoms with Crippen LogP contribution in [0.15, 0.2) is 53.4 Å². The van der Waals surface area contributed by atoms with Crippen LogP contribution in [0.4, 0.5) is 33.2 Å². The van der Waals surface area contributed by atoms with E-state index in [1.54, 1.807) is 45.2 Å². The third-order valence-corrected chi connectivity index (χ3v) is 5.80. The molecule has 2 aromatic carbocycles. The SMILES string of the molecule is CN1C(=O)C(C)(C)Oc2ccc(Nc3cc(F)nc(Nc4cccc(S(N)(=O)=O)c4)n3)cc21. The molecule has 12 heteroatoms. The number of ether oxygens (including phenoxy) is 1. The summed E-state index contributed by atoms with van der Waals surface area (Å²) in [6, 6.07) is 11.9. The first-order chi connectivity index (χ1) is 15.4. The van der Waals surface area contributed by atoms with Gasteiger partial charge < -0.3 is 20.3 Å². The number of fused-ring (bicyclic) bond motifs is 1. The first-order valence-electron chi connectivity index (χ1n) is 9.75. The molecule has 0 radical (unpaired) electrons. The van der Waals surface area contributed by atoms with Gasteiger partial charge in [-0.15, -0.1) is 0 Å². The Labute approximate surface area is 189 Å². The molecule has 1 amide bonds. The van der Waals surface area contributed by atoms with Crippen LogP contribution in [0.3, 0.4) is 0 Å². The van der Waals surface area contributed by atoms with E-state index in [1.807, 2.05) is 0 Å². The second kappa shape index (κ2) is 7.98. The Morgan fingerprint density at radius 2 is 1.79 bits per heavy atom. The second-order valence-corrected chi connectivity index (χ2v) is 9.44. The predicted molar refractivity (Wildman–Crippen MR) is 121 cm³/mol. The first-order valence-corrected chi connectivity index (χ1v) is 11.3. The number of nitrogens with one attached hydrogen (secondary N) is 2. The van der Waals surface area contributed by atoms with Gasteiger partial charge in [-0.3, -0.25) is 4.79 Å². The number of carbonyl (C=O) groups excluding carboxylic acids is 1. The number of amides is 1. The van der Waals surface area contributed by atoms with E-state index in [0.717, 1.165) is 6.07 Å². The van der Waals surface area contributed by atoms with Gasteiger partial charge in [-0.25, -0.2) is 13.6 Å². The fraction of sp³-hybridized carbons (Fsp3) is 0.190. The maximum atomic E-state index is 14.2. The Morgan fingerprint density at radius 1 is 1.06 bits per heavy atom. The van der Waals surface area contributed by atoms with Crippen LogP contribution in [0.25, 0.3) is 0 Å². The van der Waals surface area contributed by atoms with Gasteiger partial charge in [0.05, 0.1) is 10.6 Å². The van der Waals surface area contributed by atoms with Gasteiger partial charge in [0.2, 0.25) is 21.9 Å². The van der Waals surface area contributed by atoms with E-state index in [0.29, 0.717) is 22.8 Å². The van der Waals surface area contributed by atoms with Crippen LogP contribution in [0.1, 0.15) is 13.8 Å². The van der Waals surface area contributed by atoms with Gasteiger partial charge in [-0.2, -0.15) is 14.4 Å². The minimum absolute atomic E-state index is 0.0978. The van der Waals surface area contributed by atoms with Gasteiger partial charge in [0.25, 0.3) is 5.91 Å². The minimum atomic E-state index is -3.90. The zero-order chi connectivity index (χ0) is 24.0. The number of rotatable bonds is 5. The smallest absolute Gasteiger partial charge is 0.270 e. The van der Waals surface area contributed by atoms with Gasteiger partial charge in [0.1, 0.15) is 11.6 Å². The van der Waals surface area contributed by atoms with E-state index < -0.39 is 21.6 Å². The molecule has 1 aliphatic heterocycles. The number of benzene rings is 2. The lowest BCUT2D eigenvalue weighted by atomic mass is 10.0. The van der Waals surface area contributed by atoms with Crippen molar-refractivity contribution in [2.24, 2.45) is 5.14 Å². The highest BCUT2D eigenvalue weighted by Gasteiger charge is 2.39. The average molecular weight is 473 g/mol. The van der Waals surface area contributed by atoms with Crippen molar-refractivity contribution in [1.82, 2.24) is 9.97 Å². The summed E-state index contributed by atoms with van der Waals surface area (Å²) in [7, 11) is -2.25. The molecule has 4 rings (SSSR count). The molecule has 2 heterocycles. The number of hydrogen-bond acceptors (Lipinski definition) is 8. The molecule has 0 aliphatic carbocycles. The standard InChI is InChI=1S/C21H21FN6O4S/c1-21(2)19(29)28(3)15-10-13(7-8-16(15)32-21)24-18-11-17(22)26-20(27-18)25-12-5-4-6-14(9-12)33(23,30)31/h4-11H,1-3H3,(H2,23,30,31)(H2,24,25,26,27). The molecule has 1 aromatic heterocycles. The molecule has 3 aromatic rings. The highest BCUT2D eigenvalue weighted by molar-refractivity contribution is 7.89. The largest absolute Gasteiger partial charge is 0.476 e. The van der Waals surface area contributed by atoms with E-state index in [1.165, 1.54) is 23.1 Å². The zero-order valence-corrected chi connectivity index (χ0v) is 18.8. The van der Waals surface area contributed by atoms with Gasteiger partial charge in [-0.05, 0) is 50.2 Å². The summed E-state index contributed by atoms with van der Waals surface area (Å²) in [6.45, 7) is 3.38. The molecule has 0 saturated carbocycles. The first kappa shape index (κ1) is 22.4. The number of halogens is 1. The maximum absolute atomic E-state index is 14.2. The van der Waals surface area contributed by atoms with Crippen LogP contribution in [0.2, 0.25) is 0 Å². The summed E-state index contributed by atoms with van der Waals surface area (Å²) in [5, 5.41) is 10.9. The molecule has 0 spiro atoms. The average Bonchev–Trinajstić information content (AvgIpc) is 2.72. The molecule has 1 aliphatic rings. The molecule has 0 fully saturated rings. The molecular formula is C21H21FN6O4S. The van der Waals surface area contributed by atoms with Crippen LogP contribution < -0.4 is 25.4 Å². The molecule has 0 saturated heterocycles. The number of nitrogens with zero attached hydrogens (tertiary/aromatic N) is 3. The van der Waals surface area contributed by atoms with Crippen LogP contribution >= 0.6 is 0 Å². The summed E-state index contributed by atoms with van der Waals surface area (Å²) in [5.74, 6) is -0.432. The third kappa shape index (κ3) is 4.71. The molecular weight excluding hydrogens is 451 g/mol. The van der Waals surface area contributed by atoms with Gasteiger partial charge >= 0.3 is 0 Å². The van der Waals surface area contributed by atoms with E-state index >= 15 is 0 Å². The normalized spacial score (nSPS) is 14.9. The molecule has 10 nitrogen and oxygen atoms in total. The van der Waals surface area contributed by atoms with E-state index in [4.69, 9.17) is 9.88 Å². The van der Waals surface area contributed by atoms with E-state index in [9.17, 15) is 17.6 Å². The minimum Gasteiger partial charge on any atom is -0.476 e. The summed E-state index contributed by atoms with van der Waals surface area (Å²) in [5.41, 5.74) is 0.425. The molecule has 33 heavy (non-hydrogen) atoms. The Morgan fingerprint density at radius 3 is 2.52 bits per heavy atom. The van der Waals surface area contributed by atoms with Gasteiger partial charge in [0.15, 0.2) is 5.60 Å². The number of primary sulfonamides is 1. The van der Waals surface area contributed by atoms with Crippen molar-refractivity contribution in [3.05, 3.63) is 54.5 Å². The van der Waals surface area contributed by atoms with Gasteiger partial charge in [-0.1, -0.05) is 6.07 Å². The highest BCUT2D eigenvalue weighted by atomic mass is 32.2. The lowest BCUT2D eigenvalue weighted by Gasteiger charge is -2.37. The lowest BCUT2D eigenvalue weighted by molar-refractivity contribution is -0.132. The predicted octanol–water partition coefficient (Wildman–Crippen LogP) is 2.88. The third-order valence-electron chi connectivity index (χ3n) is 4.89. The van der Waals surface area contributed by atoms with Crippen molar-refractivity contribution in [2.45, 2.75) is 24.3 Å². The fourth-order valence-electron chi connectivity index (χ4n) is 3.34. The van der Waals surface area contributed by atoms with Crippen molar-refractivity contribution in [3.8, 4) is 5.75 Å². The van der Waals surface area contributed by atoms with Crippen LogP contribution in [0, 0.1) is 5.95 Å². The maximum Gasteiger partial charge on any atom is 0.270 e. The fourth-order valence-corrected chi connectivity index (χ4v) is 3.90. The molecule has 172 valence electrons. The Balaban J connectivity index is 1.59. The number of carbonyl (C=O) groups is 1. The number of anilines is 5. The molecule has 0 bridgehead atoms. The summed E-state index contributed by atoms with van der Waals surface area (Å²) < 4.78 is 43.0. The topological polar surface area (TPSA) is 140 Å². The van der Waals surface area contributed by atoms with Crippen LogP contribution in [-0.2, 0) is 14.8 Å². The summed E-state index contributed by atoms with van der Waals surface area (Å²) >= 11 is 0. The number of hydrogen-bond donors (Lipinski definition) is 3. The Bertz CT molecular complexity index is 1360. The van der Waals surface area contributed by atoms with Crippen molar-refractivity contribution in [3.63, 3.8) is 0 Å². The van der Waals surface area contributed by atoms with Crippen molar-refractivity contribution >= 4 is 44.8 Å². The molecule has 4 N–H and O–H groups in total. The van der Waals surface area contributed by atoms with Crippen molar-refractivity contribution in [2.75, 3.05) is 22.6 Å². The van der Waals surface area contributed by atoms with Crippen LogP contribution in [0.5, 0.6) is 5.75 Å². The molecule has 0 atom stereocenters. The van der Waals surface area contributed by atoms with E-state index in [-0.39, 0.29) is 22.6 Å². The molecule has 0 unspecified atom stereocenters. The van der Waals surface area contributed by atoms with Crippen molar-refractivity contribution < 1.29 is 22.3 Å². The Kier molecular flexibility index (Phi) is 5.42. The zero-order valence-electron chi connectivity index (χ0n) is 18.0. The highest BCUT2D eigenvalue weighted by Crippen LogP contribution is 2.39.